The van der Waals surface area contributed by atoms with Gasteiger partial charge in [-0.3, -0.25) is 0 Å². The second-order valence-electron chi connectivity index (χ2n) is 6.48. The molecule has 2 atom stereocenters. The summed E-state index contributed by atoms with van der Waals surface area (Å²) in [5, 5.41) is 0. The summed E-state index contributed by atoms with van der Waals surface area (Å²) >= 11 is 0. The van der Waals surface area contributed by atoms with Gasteiger partial charge in [-0.2, -0.15) is 12.7 Å². The summed E-state index contributed by atoms with van der Waals surface area (Å²) in [6.07, 6.45) is 1.82. The molecule has 0 aliphatic carbocycles. The van der Waals surface area contributed by atoms with Crippen molar-refractivity contribution < 1.29 is 13.2 Å². The average Bonchev–Trinajstić information content (AvgIpc) is 2.32. The first-order valence-corrected chi connectivity index (χ1v) is 9.07. The number of nitrogens with one attached hydrogen (secondary N) is 1. The smallest absolute Gasteiger partial charge is 0.279 e. The first kappa shape index (κ1) is 17.9. The minimum absolute atomic E-state index is 0.435. The molecule has 0 aromatic carbocycles. The van der Waals surface area contributed by atoms with Gasteiger partial charge in [0, 0.05) is 32.8 Å². The summed E-state index contributed by atoms with van der Waals surface area (Å²) in [6.45, 7) is 11.5. The van der Waals surface area contributed by atoms with E-state index in [1.54, 1.807) is 4.31 Å². The highest BCUT2D eigenvalue weighted by molar-refractivity contribution is 7.87. The molecule has 0 aromatic heterocycles. The van der Waals surface area contributed by atoms with Crippen LogP contribution >= 0.6 is 0 Å². The molecule has 0 bridgehead atoms. The molecule has 1 aliphatic heterocycles. The molecule has 5 nitrogen and oxygen atoms in total. The lowest BCUT2D eigenvalue weighted by Crippen LogP contribution is -2.48. The number of piperidine rings is 1. The Morgan fingerprint density at radius 3 is 2.40 bits per heavy atom. The van der Waals surface area contributed by atoms with E-state index in [9.17, 15) is 8.42 Å². The first-order chi connectivity index (χ1) is 9.31. The molecule has 0 aromatic rings. The van der Waals surface area contributed by atoms with Gasteiger partial charge in [0.05, 0.1) is 0 Å². The standard InChI is InChI=1S/C14H30N2O3S/c1-12(2)11-19-7-5-6-15-20(17,18)16-9-13(3)8-14(4)10-16/h12-15H,5-11H2,1-4H3. The normalized spacial score (nSPS) is 25.2. The number of ether oxygens (including phenoxy) is 1. The Morgan fingerprint density at radius 1 is 1.25 bits per heavy atom. The van der Waals surface area contributed by atoms with Crippen LogP contribution in [-0.2, 0) is 14.9 Å². The van der Waals surface area contributed by atoms with Gasteiger partial charge in [-0.05, 0) is 30.6 Å². The summed E-state index contributed by atoms with van der Waals surface area (Å²) in [5.41, 5.74) is 0. The molecule has 2 unspecified atom stereocenters. The lowest BCUT2D eigenvalue weighted by molar-refractivity contribution is 0.108. The number of rotatable bonds is 8. The second kappa shape index (κ2) is 8.32. The molecule has 0 saturated carbocycles. The van der Waals surface area contributed by atoms with E-state index in [1.807, 2.05) is 0 Å². The van der Waals surface area contributed by atoms with Crippen molar-refractivity contribution in [2.45, 2.75) is 40.5 Å². The maximum Gasteiger partial charge on any atom is 0.279 e. The van der Waals surface area contributed by atoms with Gasteiger partial charge < -0.3 is 4.74 Å². The third kappa shape index (κ3) is 6.52. The van der Waals surface area contributed by atoms with Gasteiger partial charge in [-0.1, -0.05) is 27.7 Å². The van der Waals surface area contributed by atoms with Gasteiger partial charge in [0.15, 0.2) is 0 Å². The monoisotopic (exact) mass is 306 g/mol. The SMILES string of the molecule is CC(C)COCCCNS(=O)(=O)N1CC(C)CC(C)C1. The fourth-order valence-electron chi connectivity index (χ4n) is 2.59. The van der Waals surface area contributed by atoms with E-state index in [1.165, 1.54) is 0 Å². The summed E-state index contributed by atoms with van der Waals surface area (Å²) in [7, 11) is -3.32. The number of hydrogen-bond acceptors (Lipinski definition) is 3. The Morgan fingerprint density at radius 2 is 1.85 bits per heavy atom. The molecular weight excluding hydrogens is 276 g/mol. The molecule has 120 valence electrons. The molecular formula is C14H30N2O3S. The van der Waals surface area contributed by atoms with E-state index >= 15 is 0 Å². The highest BCUT2D eigenvalue weighted by Crippen LogP contribution is 2.22. The summed E-state index contributed by atoms with van der Waals surface area (Å²) in [5.74, 6) is 1.39. The minimum atomic E-state index is -3.32. The molecule has 1 aliphatic rings. The second-order valence-corrected chi connectivity index (χ2v) is 8.24. The number of hydrogen-bond donors (Lipinski definition) is 1. The van der Waals surface area contributed by atoms with Crippen molar-refractivity contribution >= 4 is 10.2 Å². The highest BCUT2D eigenvalue weighted by Gasteiger charge is 2.29. The van der Waals surface area contributed by atoms with E-state index < -0.39 is 10.2 Å². The zero-order valence-electron chi connectivity index (χ0n) is 13.3. The van der Waals surface area contributed by atoms with E-state index in [4.69, 9.17) is 4.74 Å². The van der Waals surface area contributed by atoms with Crippen LogP contribution in [0.2, 0.25) is 0 Å². The molecule has 1 fully saturated rings. The quantitative estimate of drug-likeness (QED) is 0.696. The third-order valence-electron chi connectivity index (χ3n) is 3.38. The van der Waals surface area contributed by atoms with Gasteiger partial charge in [-0.25, -0.2) is 4.72 Å². The summed E-state index contributed by atoms with van der Waals surface area (Å²) in [4.78, 5) is 0. The zero-order chi connectivity index (χ0) is 15.2. The van der Waals surface area contributed by atoms with Gasteiger partial charge in [0.25, 0.3) is 10.2 Å². The number of nitrogens with zero attached hydrogens (tertiary/aromatic N) is 1. The molecule has 0 radical (unpaired) electrons. The molecule has 0 spiro atoms. The van der Waals surface area contributed by atoms with Crippen LogP contribution in [0, 0.1) is 17.8 Å². The van der Waals surface area contributed by atoms with Gasteiger partial charge in [0.2, 0.25) is 0 Å². The zero-order valence-corrected chi connectivity index (χ0v) is 14.1. The average molecular weight is 306 g/mol. The van der Waals surface area contributed by atoms with Crippen LogP contribution in [-0.4, -0.2) is 45.6 Å². The predicted molar refractivity (Wildman–Crippen MR) is 81.7 cm³/mol. The van der Waals surface area contributed by atoms with E-state index in [0.717, 1.165) is 13.0 Å². The molecule has 1 N–H and O–H groups in total. The van der Waals surface area contributed by atoms with Crippen molar-refractivity contribution in [3.8, 4) is 0 Å². The largest absolute Gasteiger partial charge is 0.381 e. The molecule has 0 amide bonds. The maximum absolute atomic E-state index is 12.2. The molecule has 1 saturated heterocycles. The van der Waals surface area contributed by atoms with Crippen LogP contribution in [0.3, 0.4) is 0 Å². The maximum atomic E-state index is 12.2. The molecule has 20 heavy (non-hydrogen) atoms. The van der Waals surface area contributed by atoms with Crippen LogP contribution in [0.4, 0.5) is 0 Å². The van der Waals surface area contributed by atoms with Crippen LogP contribution in [0.15, 0.2) is 0 Å². The van der Waals surface area contributed by atoms with E-state index in [2.05, 4.69) is 32.4 Å². The van der Waals surface area contributed by atoms with Gasteiger partial charge >= 0.3 is 0 Å². The van der Waals surface area contributed by atoms with Crippen LogP contribution in [0.5, 0.6) is 0 Å². The Bertz CT molecular complexity index is 361. The Balaban J connectivity index is 2.27. The minimum Gasteiger partial charge on any atom is -0.381 e. The molecule has 1 rings (SSSR count). The van der Waals surface area contributed by atoms with Crippen molar-refractivity contribution in [1.29, 1.82) is 0 Å². The van der Waals surface area contributed by atoms with Crippen LogP contribution in [0.1, 0.15) is 40.5 Å². The van der Waals surface area contributed by atoms with E-state index in [0.29, 0.717) is 50.4 Å². The molecule has 6 heteroatoms. The van der Waals surface area contributed by atoms with Crippen molar-refractivity contribution in [2.75, 3.05) is 32.8 Å². The van der Waals surface area contributed by atoms with Crippen molar-refractivity contribution in [3.05, 3.63) is 0 Å². The predicted octanol–water partition coefficient (Wildman–Crippen LogP) is 1.86. The Labute approximate surface area is 124 Å². The molecule has 1 heterocycles. The Kier molecular flexibility index (Phi) is 7.43. The topological polar surface area (TPSA) is 58.6 Å². The van der Waals surface area contributed by atoms with Crippen molar-refractivity contribution in [2.24, 2.45) is 17.8 Å². The van der Waals surface area contributed by atoms with E-state index in [-0.39, 0.29) is 0 Å². The Hall–Kier alpha value is -0.170. The lowest BCUT2D eigenvalue weighted by atomic mass is 9.94. The summed E-state index contributed by atoms with van der Waals surface area (Å²) in [6, 6.07) is 0. The van der Waals surface area contributed by atoms with Crippen molar-refractivity contribution in [1.82, 2.24) is 9.03 Å². The van der Waals surface area contributed by atoms with Crippen molar-refractivity contribution in [3.63, 3.8) is 0 Å². The van der Waals surface area contributed by atoms with Gasteiger partial charge in [0.1, 0.15) is 0 Å². The van der Waals surface area contributed by atoms with Crippen LogP contribution in [0.25, 0.3) is 0 Å². The lowest BCUT2D eigenvalue weighted by Gasteiger charge is -2.33. The summed E-state index contributed by atoms with van der Waals surface area (Å²) < 4.78 is 34.1. The first-order valence-electron chi connectivity index (χ1n) is 7.63. The highest BCUT2D eigenvalue weighted by atomic mass is 32.2. The van der Waals surface area contributed by atoms with Crippen LogP contribution < -0.4 is 4.72 Å². The van der Waals surface area contributed by atoms with Gasteiger partial charge in [-0.15, -0.1) is 0 Å². The fraction of sp³-hybridized carbons (Fsp3) is 1.00. The fourth-order valence-corrected chi connectivity index (χ4v) is 4.07. The third-order valence-corrected chi connectivity index (χ3v) is 4.92.